The van der Waals surface area contributed by atoms with E-state index in [9.17, 15) is 18.0 Å². The fraction of sp³-hybridized carbons (Fsp3) is 0.118. The van der Waals surface area contributed by atoms with Crippen LogP contribution in [0.1, 0.15) is 11.1 Å². The van der Waals surface area contributed by atoms with Crippen molar-refractivity contribution < 1.29 is 22.7 Å². The van der Waals surface area contributed by atoms with Crippen molar-refractivity contribution in [3.63, 3.8) is 0 Å². The molecule has 0 N–H and O–H groups in total. The Morgan fingerprint density at radius 3 is 2.27 bits per heavy atom. The molecule has 0 radical (unpaired) electrons. The third-order valence-electron chi connectivity index (χ3n) is 2.92. The maximum absolute atomic E-state index is 13.0. The van der Waals surface area contributed by atoms with E-state index in [4.69, 9.17) is 0 Å². The van der Waals surface area contributed by atoms with Crippen molar-refractivity contribution in [3.8, 4) is 23.0 Å². The summed E-state index contributed by atoms with van der Waals surface area (Å²) in [6.07, 6.45) is -4.42. The van der Waals surface area contributed by atoms with Gasteiger partial charge in [0.2, 0.25) is 0 Å². The lowest BCUT2D eigenvalue weighted by Gasteiger charge is -2.12. The second kappa shape index (κ2) is 6.35. The van der Waals surface area contributed by atoms with Crippen LogP contribution in [0.25, 0.3) is 11.1 Å². The number of benzene rings is 2. The highest BCUT2D eigenvalue weighted by atomic mass is 19.4. The Kier molecular flexibility index (Phi) is 4.52. The minimum atomic E-state index is -4.42. The van der Waals surface area contributed by atoms with Crippen LogP contribution in [0.2, 0.25) is 0 Å². The first kappa shape index (κ1) is 15.6. The van der Waals surface area contributed by atoms with Crippen molar-refractivity contribution in [2.24, 2.45) is 0 Å². The van der Waals surface area contributed by atoms with Crippen LogP contribution in [0.4, 0.5) is 13.2 Å². The van der Waals surface area contributed by atoms with E-state index in [2.05, 4.69) is 16.6 Å². The maximum Gasteiger partial charge on any atom is 0.417 e. The Balaban J connectivity index is 2.36. The number of methoxy groups -OCH3 is 1. The average Bonchev–Trinajstić information content (AvgIpc) is 2.52. The quantitative estimate of drug-likeness (QED) is 0.590. The van der Waals surface area contributed by atoms with Gasteiger partial charge in [0, 0.05) is 11.5 Å². The second-order valence-corrected chi connectivity index (χ2v) is 4.36. The molecule has 22 heavy (non-hydrogen) atoms. The molecule has 0 heterocycles. The molecule has 2 aromatic carbocycles. The van der Waals surface area contributed by atoms with E-state index in [1.165, 1.54) is 31.4 Å². The highest BCUT2D eigenvalue weighted by molar-refractivity contribution is 5.89. The van der Waals surface area contributed by atoms with Crippen molar-refractivity contribution in [1.82, 2.24) is 0 Å². The monoisotopic (exact) mass is 304 g/mol. The molecule has 2 aromatic rings. The van der Waals surface area contributed by atoms with Gasteiger partial charge in [0.05, 0.1) is 12.7 Å². The topological polar surface area (TPSA) is 26.3 Å². The number of halogens is 3. The van der Waals surface area contributed by atoms with Crippen LogP contribution in [0, 0.1) is 11.8 Å². The molecule has 0 saturated carbocycles. The number of carbonyl (C=O) groups excluding carboxylic acids is 1. The summed E-state index contributed by atoms with van der Waals surface area (Å²) in [7, 11) is 1.22. The number of ether oxygens (including phenoxy) is 1. The van der Waals surface area contributed by atoms with Gasteiger partial charge in [0.15, 0.2) is 0 Å². The first-order chi connectivity index (χ1) is 10.4. The third kappa shape index (κ3) is 3.67. The predicted molar refractivity (Wildman–Crippen MR) is 75.8 cm³/mol. The van der Waals surface area contributed by atoms with Crippen LogP contribution >= 0.6 is 0 Å². The summed E-state index contributed by atoms with van der Waals surface area (Å²) >= 11 is 0. The lowest BCUT2D eigenvalue weighted by atomic mass is 9.98. The minimum absolute atomic E-state index is 0.0995. The van der Waals surface area contributed by atoms with Gasteiger partial charge in [-0.05, 0) is 29.3 Å². The zero-order valence-corrected chi connectivity index (χ0v) is 11.6. The molecule has 5 heteroatoms. The van der Waals surface area contributed by atoms with Crippen molar-refractivity contribution in [1.29, 1.82) is 0 Å². The van der Waals surface area contributed by atoms with Crippen molar-refractivity contribution in [2.45, 2.75) is 6.18 Å². The lowest BCUT2D eigenvalue weighted by molar-refractivity contribution is -0.137. The summed E-state index contributed by atoms with van der Waals surface area (Å²) in [5.41, 5.74) is 0.348. The van der Waals surface area contributed by atoms with Gasteiger partial charge in [-0.1, -0.05) is 36.3 Å². The van der Waals surface area contributed by atoms with Crippen LogP contribution in [-0.4, -0.2) is 13.1 Å². The molecule has 0 amide bonds. The SMILES string of the molecule is COC(=O)C#Cc1ccc(-c2ccccc2C(F)(F)F)cc1. The number of hydrogen-bond donors (Lipinski definition) is 0. The van der Waals surface area contributed by atoms with Crippen LogP contribution in [0.3, 0.4) is 0 Å². The zero-order valence-electron chi connectivity index (χ0n) is 11.6. The summed E-state index contributed by atoms with van der Waals surface area (Å²) in [6.45, 7) is 0. The van der Waals surface area contributed by atoms with Crippen molar-refractivity contribution >= 4 is 5.97 Å². The van der Waals surface area contributed by atoms with Gasteiger partial charge in [-0.3, -0.25) is 0 Å². The summed E-state index contributed by atoms with van der Waals surface area (Å²) < 4.78 is 43.3. The number of rotatable bonds is 1. The van der Waals surface area contributed by atoms with E-state index in [0.29, 0.717) is 11.1 Å². The highest BCUT2D eigenvalue weighted by Crippen LogP contribution is 2.36. The largest absolute Gasteiger partial charge is 0.459 e. The Hall–Kier alpha value is -2.74. The standard InChI is InChI=1S/C17H11F3O2/c1-22-16(21)11-8-12-6-9-13(10-7-12)14-4-2-3-5-15(14)17(18,19)20/h2-7,9-10H,1H3. The Morgan fingerprint density at radius 1 is 1.05 bits per heavy atom. The van der Waals surface area contributed by atoms with Gasteiger partial charge in [-0.25, -0.2) is 4.79 Å². The molecule has 0 aliphatic heterocycles. The molecule has 0 fully saturated rings. The first-order valence-electron chi connectivity index (χ1n) is 6.28. The molecule has 0 atom stereocenters. The molecule has 0 unspecified atom stereocenters. The van der Waals surface area contributed by atoms with Gasteiger partial charge in [0.25, 0.3) is 0 Å². The van der Waals surface area contributed by atoms with Crippen molar-refractivity contribution in [3.05, 3.63) is 59.7 Å². The van der Waals surface area contributed by atoms with Gasteiger partial charge in [-0.15, -0.1) is 0 Å². The Labute approximate surface area is 125 Å². The van der Waals surface area contributed by atoms with E-state index in [-0.39, 0.29) is 5.56 Å². The number of alkyl halides is 3. The highest BCUT2D eigenvalue weighted by Gasteiger charge is 2.33. The molecule has 0 bridgehead atoms. The van der Waals surface area contributed by atoms with Gasteiger partial charge in [0.1, 0.15) is 0 Å². The summed E-state index contributed by atoms with van der Waals surface area (Å²) in [5.74, 6) is 4.15. The van der Waals surface area contributed by atoms with Crippen molar-refractivity contribution in [2.75, 3.05) is 7.11 Å². The Bertz CT molecular complexity index is 735. The average molecular weight is 304 g/mol. The smallest absolute Gasteiger partial charge is 0.417 e. The van der Waals surface area contributed by atoms with Gasteiger partial charge < -0.3 is 4.74 Å². The normalized spacial score (nSPS) is 10.5. The molecule has 2 nitrogen and oxygen atoms in total. The number of hydrogen-bond acceptors (Lipinski definition) is 2. The summed E-state index contributed by atoms with van der Waals surface area (Å²) in [5, 5.41) is 0. The van der Waals surface area contributed by atoms with E-state index < -0.39 is 17.7 Å². The van der Waals surface area contributed by atoms with Crippen LogP contribution in [0.5, 0.6) is 0 Å². The maximum atomic E-state index is 13.0. The molecule has 2 rings (SSSR count). The molecule has 0 saturated heterocycles. The molecule has 0 spiro atoms. The summed E-state index contributed by atoms with van der Waals surface area (Å²) in [4.78, 5) is 10.9. The van der Waals surface area contributed by atoms with Gasteiger partial charge in [-0.2, -0.15) is 13.2 Å². The second-order valence-electron chi connectivity index (χ2n) is 4.36. The van der Waals surface area contributed by atoms with E-state index in [1.807, 2.05) is 0 Å². The Morgan fingerprint density at radius 2 is 1.68 bits per heavy atom. The lowest BCUT2D eigenvalue weighted by Crippen LogP contribution is -2.06. The number of carbonyl (C=O) groups is 1. The fourth-order valence-electron chi connectivity index (χ4n) is 1.89. The molecule has 0 aromatic heterocycles. The molecular formula is C17H11F3O2. The van der Waals surface area contributed by atoms with Crippen LogP contribution in [0.15, 0.2) is 48.5 Å². The van der Waals surface area contributed by atoms with Crippen LogP contribution < -0.4 is 0 Å². The third-order valence-corrected chi connectivity index (χ3v) is 2.92. The molecule has 112 valence electrons. The van der Waals surface area contributed by atoms with E-state index in [0.717, 1.165) is 6.07 Å². The van der Waals surface area contributed by atoms with Crippen LogP contribution in [-0.2, 0) is 15.7 Å². The molecular weight excluding hydrogens is 293 g/mol. The molecule has 0 aliphatic carbocycles. The van der Waals surface area contributed by atoms with E-state index >= 15 is 0 Å². The number of esters is 1. The first-order valence-corrected chi connectivity index (χ1v) is 6.28. The fourth-order valence-corrected chi connectivity index (χ4v) is 1.89. The zero-order chi connectivity index (χ0) is 16.2. The van der Waals surface area contributed by atoms with Gasteiger partial charge >= 0.3 is 12.1 Å². The predicted octanol–water partition coefficient (Wildman–Crippen LogP) is 3.90. The van der Waals surface area contributed by atoms with E-state index in [1.54, 1.807) is 18.2 Å². The minimum Gasteiger partial charge on any atom is -0.459 e. The molecule has 0 aliphatic rings. The summed E-state index contributed by atoms with van der Waals surface area (Å²) in [6, 6.07) is 11.5.